The molecular formula is C35H37ClN6O3. The Hall–Kier alpha value is -4.44. The first-order valence-electron chi connectivity index (χ1n) is 15.0. The van der Waals surface area contributed by atoms with Gasteiger partial charge in [0, 0.05) is 54.2 Å². The second-order valence-corrected chi connectivity index (χ2v) is 11.7. The molecule has 0 radical (unpaired) electrons. The summed E-state index contributed by atoms with van der Waals surface area (Å²) in [5, 5.41) is 11.3. The molecule has 0 aliphatic carbocycles. The van der Waals surface area contributed by atoms with E-state index < -0.39 is 0 Å². The van der Waals surface area contributed by atoms with Crippen molar-refractivity contribution < 1.29 is 19.7 Å². The molecule has 0 saturated carbocycles. The lowest BCUT2D eigenvalue weighted by atomic mass is 9.84. The molecular weight excluding hydrogens is 588 g/mol. The van der Waals surface area contributed by atoms with Gasteiger partial charge < -0.3 is 15.1 Å². The highest BCUT2D eigenvalue weighted by atomic mass is 35.5. The van der Waals surface area contributed by atoms with Crippen LogP contribution in [-0.4, -0.2) is 63.6 Å². The van der Waals surface area contributed by atoms with Crippen molar-refractivity contribution in [1.82, 2.24) is 25.4 Å². The number of hydrogen-bond donors (Lipinski definition) is 1. The van der Waals surface area contributed by atoms with Crippen molar-refractivity contribution in [2.75, 3.05) is 26.8 Å². The maximum atomic E-state index is 12.5. The molecule has 232 valence electrons. The zero-order chi connectivity index (χ0) is 30.3. The van der Waals surface area contributed by atoms with Gasteiger partial charge in [0.15, 0.2) is 5.21 Å². The molecule has 1 aliphatic heterocycles. The number of amides is 1. The van der Waals surface area contributed by atoms with E-state index >= 15 is 0 Å². The minimum Gasteiger partial charge on any atom is -0.870 e. The summed E-state index contributed by atoms with van der Waals surface area (Å²) >= 11 is 6.41. The van der Waals surface area contributed by atoms with Gasteiger partial charge in [0.05, 0.1) is 13.0 Å². The van der Waals surface area contributed by atoms with Gasteiger partial charge in [0.1, 0.15) is 10.8 Å². The van der Waals surface area contributed by atoms with E-state index in [9.17, 15) is 4.79 Å². The number of likely N-dealkylation sites (tertiary alicyclic amines) is 1. The Labute approximate surface area is 268 Å². The minimum atomic E-state index is 0. The number of piperidine rings is 1. The summed E-state index contributed by atoms with van der Waals surface area (Å²) in [6, 6.07) is 29.5. The highest BCUT2D eigenvalue weighted by Crippen LogP contribution is 2.34. The molecule has 2 N–H and O–H groups in total. The Kier molecular flexibility index (Phi) is 10.7. The first kappa shape index (κ1) is 32.0. The number of benzene rings is 3. The van der Waals surface area contributed by atoms with Crippen LogP contribution in [0.5, 0.6) is 0 Å². The quantitative estimate of drug-likeness (QED) is 0.198. The second-order valence-electron chi connectivity index (χ2n) is 11.2. The van der Waals surface area contributed by atoms with Crippen molar-refractivity contribution in [2.24, 2.45) is 0 Å². The lowest BCUT2D eigenvalue weighted by Crippen LogP contribution is -2.38. The van der Waals surface area contributed by atoms with Gasteiger partial charge in [-0.3, -0.25) is 9.78 Å². The lowest BCUT2D eigenvalue weighted by Gasteiger charge is -2.32. The van der Waals surface area contributed by atoms with Crippen molar-refractivity contribution in [3.8, 4) is 16.8 Å². The maximum Gasteiger partial charge on any atom is 0.293 e. The van der Waals surface area contributed by atoms with E-state index in [4.69, 9.17) is 21.3 Å². The van der Waals surface area contributed by atoms with Gasteiger partial charge in [-0.15, -0.1) is 4.68 Å². The average molecular weight is 625 g/mol. The van der Waals surface area contributed by atoms with E-state index in [0.29, 0.717) is 24.0 Å². The fourth-order valence-electron chi connectivity index (χ4n) is 6.10. The zero-order valence-corrected chi connectivity index (χ0v) is 26.0. The first-order chi connectivity index (χ1) is 21.6. The SMILES string of the molecule is COCCC(=O)N1CCC(c2cccc([C@H](Cc3ccccc3)c3ccc(-c4cc(Cl)ccc4-[n+]4cnn[nH]4)cn3)c2)CC1.[OH-]. The minimum absolute atomic E-state index is 0. The third-order valence-electron chi connectivity index (χ3n) is 8.48. The number of hydrogen-bond acceptors (Lipinski definition) is 6. The Morgan fingerprint density at radius 2 is 1.87 bits per heavy atom. The van der Waals surface area contributed by atoms with E-state index in [-0.39, 0.29) is 17.3 Å². The summed E-state index contributed by atoms with van der Waals surface area (Å²) in [6.07, 6.45) is 6.75. The number of aromatic nitrogens is 5. The standard InChI is InChI=1S/C35H35ClN6O2.H2O/c1-44-19-16-35(43)41-17-14-26(15-18-41)27-8-5-9-28(21-27)31(20-25-6-3-2-4-7-25)33-12-10-29(23-37-33)32-22-30(36)11-13-34(32)42-24-38-39-40-42;/h2-13,21-24,26,31H,14-20H2,1H3;1H2/t31-;/m0./s1. The molecule has 0 unspecified atom stereocenters. The van der Waals surface area contributed by atoms with Gasteiger partial charge in [-0.05, 0) is 66.1 Å². The predicted molar refractivity (Wildman–Crippen MR) is 172 cm³/mol. The number of carbonyl (C=O) groups is 1. The van der Waals surface area contributed by atoms with E-state index in [2.05, 4.69) is 76.2 Å². The van der Waals surface area contributed by atoms with Crippen molar-refractivity contribution in [1.29, 1.82) is 0 Å². The molecule has 45 heavy (non-hydrogen) atoms. The highest BCUT2D eigenvalue weighted by Gasteiger charge is 2.25. The van der Waals surface area contributed by atoms with E-state index in [1.54, 1.807) is 18.1 Å². The molecule has 1 saturated heterocycles. The number of halogens is 1. The van der Waals surface area contributed by atoms with Crippen LogP contribution in [0.3, 0.4) is 0 Å². The van der Waals surface area contributed by atoms with Gasteiger partial charge >= 0.3 is 0 Å². The van der Waals surface area contributed by atoms with Crippen LogP contribution in [0.2, 0.25) is 5.02 Å². The van der Waals surface area contributed by atoms with Crippen LogP contribution in [0.4, 0.5) is 0 Å². The van der Waals surface area contributed by atoms with E-state index in [1.165, 1.54) is 16.7 Å². The van der Waals surface area contributed by atoms with Gasteiger partial charge in [0.2, 0.25) is 5.91 Å². The number of aromatic amines is 1. The summed E-state index contributed by atoms with van der Waals surface area (Å²) in [5.74, 6) is 0.679. The largest absolute Gasteiger partial charge is 0.870 e. The van der Waals surface area contributed by atoms with Crippen molar-refractivity contribution in [3.63, 3.8) is 0 Å². The highest BCUT2D eigenvalue weighted by molar-refractivity contribution is 6.31. The summed E-state index contributed by atoms with van der Waals surface area (Å²) in [6.45, 7) is 2.04. The fraction of sp³-hybridized carbons (Fsp3) is 0.286. The normalized spacial score (nSPS) is 14.1. The molecule has 1 aliphatic rings. The van der Waals surface area contributed by atoms with Crippen molar-refractivity contribution in [3.05, 3.63) is 125 Å². The van der Waals surface area contributed by atoms with Crippen LogP contribution in [0.1, 0.15) is 53.5 Å². The number of methoxy groups -OCH3 is 1. The number of rotatable bonds is 10. The summed E-state index contributed by atoms with van der Waals surface area (Å²) in [4.78, 5) is 19.5. The molecule has 5 aromatic rings. The Bertz CT molecular complexity index is 1670. The Morgan fingerprint density at radius 1 is 1.04 bits per heavy atom. The Balaban J connectivity index is 0.00000400. The number of tetrazole rings is 1. The third-order valence-corrected chi connectivity index (χ3v) is 8.72. The lowest BCUT2D eigenvalue weighted by molar-refractivity contribution is -0.659. The second kappa shape index (κ2) is 15.0. The van der Waals surface area contributed by atoms with Gasteiger partial charge in [-0.2, -0.15) is 0 Å². The molecule has 1 atom stereocenters. The molecule has 2 aromatic heterocycles. The number of H-pyrrole nitrogens is 1. The average Bonchev–Trinajstić information content (AvgIpc) is 3.62. The number of carbonyl (C=O) groups excluding carboxylic acids is 1. The number of nitrogens with one attached hydrogen (secondary N) is 1. The van der Waals surface area contributed by atoms with Crippen LogP contribution in [0.25, 0.3) is 16.8 Å². The van der Waals surface area contributed by atoms with E-state index in [1.807, 2.05) is 35.4 Å². The van der Waals surface area contributed by atoms with Gasteiger partial charge in [-0.1, -0.05) is 77.5 Å². The van der Waals surface area contributed by atoms with Crippen LogP contribution >= 0.6 is 11.6 Å². The van der Waals surface area contributed by atoms with Crippen LogP contribution in [0, 0.1) is 0 Å². The van der Waals surface area contributed by atoms with Crippen molar-refractivity contribution in [2.45, 2.75) is 37.5 Å². The van der Waals surface area contributed by atoms with Crippen molar-refractivity contribution >= 4 is 17.5 Å². The monoisotopic (exact) mass is 624 g/mol. The summed E-state index contributed by atoms with van der Waals surface area (Å²) in [7, 11) is 1.64. The third kappa shape index (κ3) is 7.62. The van der Waals surface area contributed by atoms with Crippen LogP contribution in [-0.2, 0) is 16.0 Å². The number of pyridine rings is 1. The fourth-order valence-corrected chi connectivity index (χ4v) is 6.27. The molecule has 6 rings (SSSR count). The Morgan fingerprint density at radius 3 is 2.58 bits per heavy atom. The molecule has 1 amide bonds. The molecule has 3 heterocycles. The van der Waals surface area contributed by atoms with Gasteiger partial charge in [0.25, 0.3) is 6.33 Å². The zero-order valence-electron chi connectivity index (χ0n) is 25.2. The smallest absolute Gasteiger partial charge is 0.293 e. The summed E-state index contributed by atoms with van der Waals surface area (Å²) < 4.78 is 6.85. The molecule has 1 fully saturated rings. The van der Waals surface area contributed by atoms with Crippen LogP contribution in [0.15, 0.2) is 97.5 Å². The van der Waals surface area contributed by atoms with Crippen LogP contribution < -0.4 is 4.68 Å². The molecule has 0 bridgehead atoms. The summed E-state index contributed by atoms with van der Waals surface area (Å²) in [5.41, 5.74) is 7.61. The molecule has 0 spiro atoms. The molecule has 3 aromatic carbocycles. The number of ether oxygens (including phenoxy) is 1. The topological polar surface area (TPSA) is 118 Å². The number of nitrogens with zero attached hydrogens (tertiary/aromatic N) is 5. The molecule has 9 nitrogen and oxygen atoms in total. The van der Waals surface area contributed by atoms with E-state index in [0.717, 1.165) is 54.9 Å². The first-order valence-corrected chi connectivity index (χ1v) is 15.4. The maximum absolute atomic E-state index is 12.5. The van der Waals surface area contributed by atoms with Gasteiger partial charge in [-0.25, -0.2) is 0 Å². The predicted octanol–water partition coefficient (Wildman–Crippen LogP) is 5.74. The molecule has 10 heteroatoms.